The maximum atomic E-state index is 12.6. The first-order valence-corrected chi connectivity index (χ1v) is 9.14. The maximum Gasteiger partial charge on any atom is 0.229 e. The van der Waals surface area contributed by atoms with Crippen LogP contribution in [-0.2, 0) is 9.59 Å². The van der Waals surface area contributed by atoms with Crippen molar-refractivity contribution in [3.05, 3.63) is 65.2 Å². The Labute approximate surface area is 167 Å². The van der Waals surface area contributed by atoms with Gasteiger partial charge < -0.3 is 15.0 Å². The van der Waals surface area contributed by atoms with Crippen LogP contribution < -0.4 is 15.0 Å². The predicted octanol–water partition coefficient (Wildman–Crippen LogP) is 4.55. The summed E-state index contributed by atoms with van der Waals surface area (Å²) in [5.41, 5.74) is 1.16. The van der Waals surface area contributed by atoms with Crippen LogP contribution in [0.25, 0.3) is 0 Å². The van der Waals surface area contributed by atoms with E-state index in [1.165, 1.54) is 4.90 Å². The molecule has 2 aromatic rings. The van der Waals surface area contributed by atoms with Gasteiger partial charge >= 0.3 is 0 Å². The van der Waals surface area contributed by atoms with Gasteiger partial charge in [-0.1, -0.05) is 41.9 Å². The second-order valence-corrected chi connectivity index (χ2v) is 6.88. The van der Waals surface area contributed by atoms with Crippen molar-refractivity contribution < 1.29 is 14.3 Å². The highest BCUT2D eigenvalue weighted by Gasteiger charge is 2.36. The molecule has 2 amide bonds. The second kappa shape index (κ2) is 8.46. The van der Waals surface area contributed by atoms with Gasteiger partial charge in [-0.3, -0.25) is 9.59 Å². The van der Waals surface area contributed by atoms with E-state index >= 15 is 0 Å². The highest BCUT2D eigenvalue weighted by atomic mass is 35.5. The monoisotopic (exact) mass is 404 g/mol. The summed E-state index contributed by atoms with van der Waals surface area (Å²) in [5.74, 6) is -0.161. The molecule has 1 heterocycles. The number of rotatable bonds is 6. The summed E-state index contributed by atoms with van der Waals surface area (Å²) in [6.07, 6.45) is 1.78. The first-order chi connectivity index (χ1) is 13.0. The van der Waals surface area contributed by atoms with Crippen LogP contribution in [0, 0.1) is 5.92 Å². The van der Waals surface area contributed by atoms with Crippen molar-refractivity contribution in [1.82, 2.24) is 0 Å². The van der Waals surface area contributed by atoms with Crippen molar-refractivity contribution in [2.45, 2.75) is 6.42 Å². The summed E-state index contributed by atoms with van der Waals surface area (Å²) >= 11 is 12.2. The average molecular weight is 405 g/mol. The van der Waals surface area contributed by atoms with Crippen LogP contribution >= 0.6 is 23.2 Å². The Kier molecular flexibility index (Phi) is 6.04. The Bertz CT molecular complexity index is 868. The molecule has 2 aromatic carbocycles. The van der Waals surface area contributed by atoms with Gasteiger partial charge in [-0.15, -0.1) is 0 Å². The van der Waals surface area contributed by atoms with E-state index in [2.05, 4.69) is 11.9 Å². The lowest BCUT2D eigenvalue weighted by Gasteiger charge is -2.18. The minimum absolute atomic E-state index is 0.120. The number of ether oxygens (including phenoxy) is 1. The van der Waals surface area contributed by atoms with E-state index in [1.807, 2.05) is 0 Å². The van der Waals surface area contributed by atoms with Crippen molar-refractivity contribution in [3.8, 4) is 5.75 Å². The van der Waals surface area contributed by atoms with Gasteiger partial charge in [0.2, 0.25) is 11.8 Å². The third-order valence-corrected chi connectivity index (χ3v) is 5.02. The standard InChI is InChI=1S/C20H18Cl2N2O3/c1-2-10-27-15-8-6-14(7-9-15)23-20(26)13-11-18(25)24(12-13)17-5-3-4-16(21)19(17)22/h2-9,13H,1,10-12H2,(H,23,26)/t13-/m0/s1. The number of nitrogens with zero attached hydrogens (tertiary/aromatic N) is 1. The minimum atomic E-state index is -0.468. The highest BCUT2D eigenvalue weighted by Crippen LogP contribution is 2.35. The lowest BCUT2D eigenvalue weighted by atomic mass is 10.1. The Morgan fingerprint density at radius 3 is 2.70 bits per heavy atom. The Morgan fingerprint density at radius 2 is 2.00 bits per heavy atom. The molecule has 1 fully saturated rings. The summed E-state index contributed by atoms with van der Waals surface area (Å²) in [6, 6.07) is 12.1. The largest absolute Gasteiger partial charge is 0.490 e. The molecule has 0 saturated carbocycles. The van der Waals surface area contributed by atoms with Crippen molar-refractivity contribution in [3.63, 3.8) is 0 Å². The molecule has 0 aromatic heterocycles. The lowest BCUT2D eigenvalue weighted by Crippen LogP contribution is -2.28. The van der Waals surface area contributed by atoms with E-state index in [0.717, 1.165) is 0 Å². The van der Waals surface area contributed by atoms with Gasteiger partial charge in [0, 0.05) is 18.7 Å². The summed E-state index contributed by atoms with van der Waals surface area (Å²) in [7, 11) is 0. The number of nitrogens with one attached hydrogen (secondary N) is 1. The van der Waals surface area contributed by atoms with Crippen LogP contribution in [-0.4, -0.2) is 25.0 Å². The number of benzene rings is 2. The molecule has 27 heavy (non-hydrogen) atoms. The summed E-state index contributed by atoms with van der Waals surface area (Å²) in [6.45, 7) is 4.26. The number of halogens is 2. The van der Waals surface area contributed by atoms with Crippen molar-refractivity contribution in [2.75, 3.05) is 23.4 Å². The first-order valence-electron chi connectivity index (χ1n) is 8.38. The quantitative estimate of drug-likeness (QED) is 0.718. The van der Waals surface area contributed by atoms with Gasteiger partial charge in [-0.05, 0) is 36.4 Å². The highest BCUT2D eigenvalue weighted by molar-refractivity contribution is 6.44. The Balaban J connectivity index is 1.65. The van der Waals surface area contributed by atoms with Crippen molar-refractivity contribution in [1.29, 1.82) is 0 Å². The van der Waals surface area contributed by atoms with Gasteiger partial charge in [0.1, 0.15) is 12.4 Å². The average Bonchev–Trinajstić information content (AvgIpc) is 3.05. The fraction of sp³-hybridized carbons (Fsp3) is 0.200. The Morgan fingerprint density at radius 1 is 1.26 bits per heavy atom. The third-order valence-electron chi connectivity index (χ3n) is 4.21. The van der Waals surface area contributed by atoms with Crippen molar-refractivity contribution in [2.24, 2.45) is 5.92 Å². The molecule has 0 aliphatic carbocycles. The molecule has 0 spiro atoms. The molecule has 1 aliphatic rings. The van der Waals surface area contributed by atoms with Gasteiger partial charge in [-0.25, -0.2) is 0 Å². The lowest BCUT2D eigenvalue weighted by molar-refractivity contribution is -0.122. The summed E-state index contributed by atoms with van der Waals surface area (Å²) in [5, 5.41) is 3.51. The number of carbonyl (C=O) groups excluding carboxylic acids is 2. The molecule has 0 unspecified atom stereocenters. The van der Waals surface area contributed by atoms with E-state index in [0.29, 0.717) is 33.8 Å². The van der Waals surface area contributed by atoms with E-state index in [1.54, 1.807) is 48.5 Å². The molecule has 1 aliphatic heterocycles. The Hall–Kier alpha value is -2.50. The molecule has 1 saturated heterocycles. The van der Waals surface area contributed by atoms with Crippen molar-refractivity contribution >= 4 is 46.4 Å². The van der Waals surface area contributed by atoms with E-state index in [4.69, 9.17) is 27.9 Å². The molecule has 140 valence electrons. The molecule has 0 bridgehead atoms. The van der Waals surface area contributed by atoms with Gasteiger partial charge in [0.25, 0.3) is 0 Å². The van der Waals surface area contributed by atoms with Gasteiger partial charge in [-0.2, -0.15) is 0 Å². The van der Waals surface area contributed by atoms with E-state index in [-0.39, 0.29) is 24.8 Å². The third kappa shape index (κ3) is 4.43. The van der Waals surface area contributed by atoms with E-state index < -0.39 is 5.92 Å². The number of carbonyl (C=O) groups is 2. The summed E-state index contributed by atoms with van der Waals surface area (Å²) < 4.78 is 5.41. The molecular weight excluding hydrogens is 387 g/mol. The molecule has 1 atom stereocenters. The number of hydrogen-bond acceptors (Lipinski definition) is 3. The van der Waals surface area contributed by atoms with Crippen LogP contribution in [0.5, 0.6) is 5.75 Å². The smallest absolute Gasteiger partial charge is 0.229 e. The maximum absolute atomic E-state index is 12.6. The topological polar surface area (TPSA) is 58.6 Å². The van der Waals surface area contributed by atoms with Crippen LogP contribution in [0.15, 0.2) is 55.1 Å². The van der Waals surface area contributed by atoms with Crippen LogP contribution in [0.4, 0.5) is 11.4 Å². The SMILES string of the molecule is C=CCOc1ccc(NC(=O)[C@H]2CC(=O)N(c3cccc(Cl)c3Cl)C2)cc1. The number of hydrogen-bond donors (Lipinski definition) is 1. The molecule has 7 heteroatoms. The zero-order chi connectivity index (χ0) is 19.4. The predicted molar refractivity (Wildman–Crippen MR) is 108 cm³/mol. The van der Waals surface area contributed by atoms with Gasteiger partial charge in [0.05, 0.1) is 21.7 Å². The summed E-state index contributed by atoms with van der Waals surface area (Å²) in [4.78, 5) is 26.4. The van der Waals surface area contributed by atoms with Crippen LogP contribution in [0.1, 0.15) is 6.42 Å². The second-order valence-electron chi connectivity index (χ2n) is 6.09. The minimum Gasteiger partial charge on any atom is -0.490 e. The molecule has 5 nitrogen and oxygen atoms in total. The zero-order valence-electron chi connectivity index (χ0n) is 14.5. The zero-order valence-corrected chi connectivity index (χ0v) is 16.0. The number of amides is 2. The fourth-order valence-corrected chi connectivity index (χ4v) is 3.25. The fourth-order valence-electron chi connectivity index (χ4n) is 2.85. The number of anilines is 2. The van der Waals surface area contributed by atoms with Crippen LogP contribution in [0.3, 0.4) is 0 Å². The molecule has 3 rings (SSSR count). The normalized spacial score (nSPS) is 16.3. The van der Waals surface area contributed by atoms with E-state index in [9.17, 15) is 9.59 Å². The first kappa shape index (κ1) is 19.3. The molecule has 0 radical (unpaired) electrons. The van der Waals surface area contributed by atoms with Gasteiger partial charge in [0.15, 0.2) is 0 Å². The molecular formula is C20H18Cl2N2O3. The molecule has 1 N–H and O–H groups in total. The van der Waals surface area contributed by atoms with Crippen LogP contribution in [0.2, 0.25) is 10.0 Å².